The van der Waals surface area contributed by atoms with Crippen molar-refractivity contribution < 1.29 is 0 Å². The van der Waals surface area contributed by atoms with Gasteiger partial charge in [-0.3, -0.25) is 19.8 Å². The molecule has 0 unspecified atom stereocenters. The van der Waals surface area contributed by atoms with Crippen molar-refractivity contribution in [1.29, 1.82) is 0 Å². The molecule has 2 heterocycles. The predicted molar refractivity (Wildman–Crippen MR) is 91.7 cm³/mol. The van der Waals surface area contributed by atoms with E-state index in [-0.39, 0.29) is 10.9 Å². The Hall–Kier alpha value is -3.54. The number of nitrogens with one attached hydrogen (secondary N) is 2. The summed E-state index contributed by atoms with van der Waals surface area (Å²) in [5, 5.41) is 13.1. The highest BCUT2D eigenvalue weighted by Crippen LogP contribution is 2.32. The van der Waals surface area contributed by atoms with Crippen LogP contribution in [0.5, 0.6) is 0 Å². The summed E-state index contributed by atoms with van der Waals surface area (Å²) in [6.45, 7) is 0. The number of aromatic nitrogens is 4. The van der Waals surface area contributed by atoms with Gasteiger partial charge in [0.05, 0.1) is 5.39 Å². The van der Waals surface area contributed by atoms with Crippen LogP contribution in [0.15, 0.2) is 70.3 Å². The van der Waals surface area contributed by atoms with Gasteiger partial charge in [0.2, 0.25) is 0 Å². The van der Waals surface area contributed by atoms with Crippen molar-refractivity contribution in [3.8, 4) is 22.4 Å². The summed E-state index contributed by atoms with van der Waals surface area (Å²) in [4.78, 5) is 24.4. The Kier molecular flexibility index (Phi) is 3.28. The Bertz CT molecular complexity index is 1130. The van der Waals surface area contributed by atoms with Gasteiger partial charge in [-0.15, -0.1) is 10.2 Å². The number of aromatic amines is 2. The van der Waals surface area contributed by atoms with E-state index in [1.54, 1.807) is 0 Å². The first-order valence-electron chi connectivity index (χ1n) is 7.38. The van der Waals surface area contributed by atoms with Crippen molar-refractivity contribution in [2.75, 3.05) is 0 Å². The molecule has 4 aromatic rings. The number of hydrogen-bond acceptors (Lipinski definition) is 4. The van der Waals surface area contributed by atoms with Gasteiger partial charge in [0.1, 0.15) is 5.69 Å². The maximum atomic E-state index is 12.4. The van der Waals surface area contributed by atoms with Gasteiger partial charge < -0.3 is 0 Å². The maximum absolute atomic E-state index is 12.4. The SMILES string of the molecule is O=c1[nH][nH]c(=O)c2c(-c3ccccc3)c(-c3ccccc3)nnc12. The topological polar surface area (TPSA) is 91.5 Å². The molecule has 0 aliphatic heterocycles. The quantitative estimate of drug-likeness (QED) is 0.594. The monoisotopic (exact) mass is 316 g/mol. The minimum absolute atomic E-state index is 0.0253. The Morgan fingerprint density at radius 2 is 1.25 bits per heavy atom. The normalized spacial score (nSPS) is 10.8. The van der Waals surface area contributed by atoms with E-state index in [0.717, 1.165) is 11.1 Å². The minimum atomic E-state index is -0.478. The van der Waals surface area contributed by atoms with Gasteiger partial charge in [0, 0.05) is 11.1 Å². The smallest absolute Gasteiger partial charge is 0.267 e. The van der Waals surface area contributed by atoms with Crippen LogP contribution in [0.3, 0.4) is 0 Å². The summed E-state index contributed by atoms with van der Waals surface area (Å²) >= 11 is 0. The van der Waals surface area contributed by atoms with Crippen LogP contribution in [-0.4, -0.2) is 20.4 Å². The van der Waals surface area contributed by atoms with Crippen LogP contribution in [0.1, 0.15) is 0 Å². The lowest BCUT2D eigenvalue weighted by molar-refractivity contribution is 0.954. The first-order valence-corrected chi connectivity index (χ1v) is 7.38. The fraction of sp³-hybridized carbons (Fsp3) is 0. The van der Waals surface area contributed by atoms with E-state index in [9.17, 15) is 9.59 Å². The zero-order chi connectivity index (χ0) is 16.5. The van der Waals surface area contributed by atoms with Gasteiger partial charge in [-0.05, 0) is 5.56 Å². The van der Waals surface area contributed by atoms with Crippen molar-refractivity contribution in [3.63, 3.8) is 0 Å². The molecule has 24 heavy (non-hydrogen) atoms. The number of benzene rings is 2. The summed E-state index contributed by atoms with van der Waals surface area (Å²) in [6.07, 6.45) is 0. The van der Waals surface area contributed by atoms with Gasteiger partial charge >= 0.3 is 0 Å². The molecule has 0 saturated carbocycles. The van der Waals surface area contributed by atoms with Crippen LogP contribution < -0.4 is 11.1 Å². The highest BCUT2D eigenvalue weighted by molar-refractivity contribution is 5.99. The number of H-pyrrole nitrogens is 2. The molecule has 0 aliphatic carbocycles. The van der Waals surface area contributed by atoms with E-state index in [4.69, 9.17) is 0 Å². The maximum Gasteiger partial charge on any atom is 0.291 e. The highest BCUT2D eigenvalue weighted by Gasteiger charge is 2.18. The first kappa shape index (κ1) is 14.1. The van der Waals surface area contributed by atoms with E-state index in [1.807, 2.05) is 60.7 Å². The van der Waals surface area contributed by atoms with Crippen LogP contribution in [-0.2, 0) is 0 Å². The third kappa shape index (κ3) is 2.21. The van der Waals surface area contributed by atoms with Gasteiger partial charge in [-0.2, -0.15) is 0 Å². The average Bonchev–Trinajstić information content (AvgIpc) is 2.65. The molecule has 0 spiro atoms. The van der Waals surface area contributed by atoms with E-state index in [1.165, 1.54) is 0 Å². The molecule has 2 aromatic heterocycles. The highest BCUT2D eigenvalue weighted by atomic mass is 16.1. The molecule has 0 amide bonds. The zero-order valence-corrected chi connectivity index (χ0v) is 12.5. The molecule has 0 aliphatic rings. The van der Waals surface area contributed by atoms with Crippen LogP contribution in [0, 0.1) is 0 Å². The zero-order valence-electron chi connectivity index (χ0n) is 12.5. The van der Waals surface area contributed by atoms with Crippen LogP contribution in [0.25, 0.3) is 33.3 Å². The molecule has 6 nitrogen and oxygen atoms in total. The Balaban J connectivity index is 2.21. The van der Waals surface area contributed by atoms with E-state index < -0.39 is 11.1 Å². The summed E-state index contributed by atoms with van der Waals surface area (Å²) in [7, 11) is 0. The Morgan fingerprint density at radius 1 is 0.667 bits per heavy atom. The van der Waals surface area contributed by atoms with Gasteiger partial charge in [0.15, 0.2) is 5.52 Å². The van der Waals surface area contributed by atoms with Gasteiger partial charge in [-0.25, -0.2) is 0 Å². The van der Waals surface area contributed by atoms with Crippen molar-refractivity contribution in [3.05, 3.63) is 81.4 Å². The van der Waals surface area contributed by atoms with Crippen molar-refractivity contribution >= 4 is 10.9 Å². The van der Waals surface area contributed by atoms with Crippen molar-refractivity contribution in [1.82, 2.24) is 20.4 Å². The molecule has 0 fully saturated rings. The molecule has 0 saturated heterocycles. The van der Waals surface area contributed by atoms with Crippen molar-refractivity contribution in [2.24, 2.45) is 0 Å². The number of hydrogen-bond donors (Lipinski definition) is 2. The number of rotatable bonds is 2. The summed E-state index contributed by atoms with van der Waals surface area (Å²) in [5.74, 6) is 0. The lowest BCUT2D eigenvalue weighted by Crippen LogP contribution is -2.21. The second-order valence-electron chi connectivity index (χ2n) is 5.29. The molecule has 0 radical (unpaired) electrons. The lowest BCUT2D eigenvalue weighted by atomic mass is 9.97. The Labute approximate surface area is 135 Å². The van der Waals surface area contributed by atoms with Crippen LogP contribution in [0.2, 0.25) is 0 Å². The molecule has 0 atom stereocenters. The molecule has 4 rings (SSSR count). The molecular formula is C18H12N4O2. The van der Waals surface area contributed by atoms with Crippen LogP contribution in [0.4, 0.5) is 0 Å². The molecule has 6 heteroatoms. The van der Waals surface area contributed by atoms with Gasteiger partial charge in [0.25, 0.3) is 11.1 Å². The number of fused-ring (bicyclic) bond motifs is 1. The lowest BCUT2D eigenvalue weighted by Gasteiger charge is -2.10. The van der Waals surface area contributed by atoms with Crippen LogP contribution >= 0.6 is 0 Å². The standard InChI is InChI=1S/C18H12N4O2/c23-17-14-13(11-7-3-1-4-8-11)15(12-9-5-2-6-10-12)19-20-16(14)18(24)22-21-17/h1-10H,(H,21,23)(H,22,24). The summed E-state index contributed by atoms with van der Waals surface area (Å²) in [5.41, 5.74) is 1.92. The predicted octanol–water partition coefficient (Wildman–Crippen LogP) is 2.34. The fourth-order valence-electron chi connectivity index (χ4n) is 2.74. The van der Waals surface area contributed by atoms with E-state index >= 15 is 0 Å². The molecule has 2 N–H and O–H groups in total. The average molecular weight is 316 g/mol. The summed E-state index contributed by atoms with van der Waals surface area (Å²) in [6, 6.07) is 18.9. The Morgan fingerprint density at radius 3 is 1.92 bits per heavy atom. The number of nitrogens with zero attached hydrogens (tertiary/aromatic N) is 2. The molecule has 2 aromatic carbocycles. The second-order valence-corrected chi connectivity index (χ2v) is 5.29. The van der Waals surface area contributed by atoms with Gasteiger partial charge in [-0.1, -0.05) is 60.7 Å². The van der Waals surface area contributed by atoms with Crippen molar-refractivity contribution in [2.45, 2.75) is 0 Å². The largest absolute Gasteiger partial charge is 0.291 e. The summed E-state index contributed by atoms with van der Waals surface area (Å²) < 4.78 is 0. The minimum Gasteiger partial charge on any atom is -0.267 e. The molecule has 116 valence electrons. The van der Waals surface area contributed by atoms with E-state index in [0.29, 0.717) is 11.3 Å². The third-order valence-electron chi connectivity index (χ3n) is 3.81. The fourth-order valence-corrected chi connectivity index (χ4v) is 2.74. The molecule has 0 bridgehead atoms. The first-order chi connectivity index (χ1) is 11.8. The second kappa shape index (κ2) is 5.58. The third-order valence-corrected chi connectivity index (χ3v) is 3.81. The van der Waals surface area contributed by atoms with E-state index in [2.05, 4.69) is 20.4 Å². The molecular weight excluding hydrogens is 304 g/mol.